The van der Waals surface area contributed by atoms with Crippen molar-refractivity contribution in [3.8, 4) is 0 Å². The third-order valence-electron chi connectivity index (χ3n) is 2.32. The molecule has 0 atom stereocenters. The van der Waals surface area contributed by atoms with E-state index in [1.807, 2.05) is 11.6 Å². The van der Waals surface area contributed by atoms with E-state index >= 15 is 0 Å². The Labute approximate surface area is 96.3 Å². The van der Waals surface area contributed by atoms with Crippen molar-refractivity contribution in [1.29, 1.82) is 0 Å². The Balaban J connectivity index is 2.39. The van der Waals surface area contributed by atoms with E-state index in [4.69, 9.17) is 0 Å². The van der Waals surface area contributed by atoms with Gasteiger partial charge in [-0.05, 0) is 13.0 Å². The summed E-state index contributed by atoms with van der Waals surface area (Å²) in [6.07, 6.45) is 3.47. The maximum absolute atomic E-state index is 11.6. The zero-order valence-corrected chi connectivity index (χ0v) is 10.1. The van der Waals surface area contributed by atoms with Gasteiger partial charge in [0, 0.05) is 19.5 Å². The van der Waals surface area contributed by atoms with E-state index < -0.39 is 0 Å². The standard InChI is InChI=1S/C11H20N4O/c1-3-7-15-11(13-9-14-15)8-10(16)5-6-12-4-2/h9,12H,3-8H2,1-2H3. The minimum atomic E-state index is 0.214. The number of aromatic nitrogens is 3. The van der Waals surface area contributed by atoms with E-state index in [0.29, 0.717) is 12.8 Å². The lowest BCUT2D eigenvalue weighted by Gasteiger charge is -2.04. The summed E-state index contributed by atoms with van der Waals surface area (Å²) in [5, 5.41) is 7.23. The monoisotopic (exact) mass is 224 g/mol. The first-order chi connectivity index (χ1) is 7.77. The Morgan fingerprint density at radius 2 is 2.31 bits per heavy atom. The lowest BCUT2D eigenvalue weighted by Crippen LogP contribution is -2.19. The van der Waals surface area contributed by atoms with E-state index in [1.54, 1.807) is 0 Å². The molecule has 90 valence electrons. The summed E-state index contributed by atoms with van der Waals surface area (Å²) in [5.74, 6) is 0.995. The first-order valence-corrected chi connectivity index (χ1v) is 5.87. The number of rotatable bonds is 8. The van der Waals surface area contributed by atoms with E-state index in [-0.39, 0.29) is 5.78 Å². The van der Waals surface area contributed by atoms with Crippen LogP contribution >= 0.6 is 0 Å². The molecule has 0 aliphatic rings. The van der Waals surface area contributed by atoms with Gasteiger partial charge in [-0.1, -0.05) is 13.8 Å². The Morgan fingerprint density at radius 3 is 3.00 bits per heavy atom. The summed E-state index contributed by atoms with van der Waals surface area (Å²) in [6, 6.07) is 0. The lowest BCUT2D eigenvalue weighted by atomic mass is 10.2. The maximum atomic E-state index is 11.6. The third kappa shape index (κ3) is 4.10. The molecule has 5 heteroatoms. The Morgan fingerprint density at radius 1 is 1.50 bits per heavy atom. The maximum Gasteiger partial charge on any atom is 0.141 e. The van der Waals surface area contributed by atoms with E-state index in [2.05, 4.69) is 22.3 Å². The average Bonchev–Trinajstić information content (AvgIpc) is 2.67. The number of nitrogens with zero attached hydrogens (tertiary/aromatic N) is 3. The van der Waals surface area contributed by atoms with Crippen LogP contribution in [0.2, 0.25) is 0 Å². The molecule has 0 bridgehead atoms. The molecule has 0 unspecified atom stereocenters. The number of Topliss-reactive ketones (excluding diaryl/α,β-unsaturated/α-hetero) is 1. The molecule has 0 fully saturated rings. The van der Waals surface area contributed by atoms with Crippen LogP contribution in [-0.4, -0.2) is 33.6 Å². The molecular formula is C11H20N4O. The number of carbonyl (C=O) groups is 1. The van der Waals surface area contributed by atoms with Crippen LogP contribution in [0.15, 0.2) is 6.33 Å². The van der Waals surface area contributed by atoms with Crippen molar-refractivity contribution in [1.82, 2.24) is 20.1 Å². The molecule has 0 aliphatic heterocycles. The van der Waals surface area contributed by atoms with Gasteiger partial charge in [0.2, 0.25) is 0 Å². The van der Waals surface area contributed by atoms with Gasteiger partial charge in [-0.15, -0.1) is 0 Å². The smallest absolute Gasteiger partial charge is 0.141 e. The van der Waals surface area contributed by atoms with E-state index in [9.17, 15) is 4.79 Å². The number of hydrogen-bond donors (Lipinski definition) is 1. The van der Waals surface area contributed by atoms with Crippen LogP contribution in [0.1, 0.15) is 32.5 Å². The molecule has 0 radical (unpaired) electrons. The third-order valence-corrected chi connectivity index (χ3v) is 2.32. The van der Waals surface area contributed by atoms with Gasteiger partial charge < -0.3 is 5.32 Å². The number of aryl methyl sites for hydroxylation is 1. The van der Waals surface area contributed by atoms with Gasteiger partial charge in [-0.2, -0.15) is 5.10 Å². The molecule has 5 nitrogen and oxygen atoms in total. The number of ketones is 1. The van der Waals surface area contributed by atoms with Crippen molar-refractivity contribution >= 4 is 5.78 Å². The average molecular weight is 224 g/mol. The van der Waals surface area contributed by atoms with Crippen LogP contribution in [0.25, 0.3) is 0 Å². The van der Waals surface area contributed by atoms with Crippen LogP contribution < -0.4 is 5.32 Å². The van der Waals surface area contributed by atoms with Gasteiger partial charge in [0.1, 0.15) is 17.9 Å². The van der Waals surface area contributed by atoms with Crippen molar-refractivity contribution in [2.24, 2.45) is 0 Å². The molecule has 0 saturated carbocycles. The summed E-state index contributed by atoms with van der Waals surface area (Å²) < 4.78 is 1.81. The molecule has 0 amide bonds. The molecule has 0 aromatic carbocycles. The van der Waals surface area contributed by atoms with Gasteiger partial charge >= 0.3 is 0 Å². The summed E-state index contributed by atoms with van der Waals surface area (Å²) in [4.78, 5) is 15.7. The topological polar surface area (TPSA) is 59.8 Å². The van der Waals surface area contributed by atoms with Crippen LogP contribution in [0.3, 0.4) is 0 Å². The Bertz CT molecular complexity index is 322. The van der Waals surface area contributed by atoms with E-state index in [1.165, 1.54) is 6.33 Å². The molecule has 0 spiro atoms. The van der Waals surface area contributed by atoms with E-state index in [0.717, 1.165) is 31.9 Å². The predicted octanol–water partition coefficient (Wildman–Crippen LogP) is 0.799. The number of nitrogens with one attached hydrogen (secondary N) is 1. The molecule has 16 heavy (non-hydrogen) atoms. The second-order valence-corrected chi connectivity index (χ2v) is 3.72. The van der Waals surface area contributed by atoms with Crippen LogP contribution in [0.5, 0.6) is 0 Å². The normalized spacial score (nSPS) is 10.6. The summed E-state index contributed by atoms with van der Waals surface area (Å²) in [7, 11) is 0. The molecular weight excluding hydrogens is 204 g/mol. The molecule has 1 rings (SSSR count). The summed E-state index contributed by atoms with van der Waals surface area (Å²) in [5.41, 5.74) is 0. The zero-order valence-electron chi connectivity index (χ0n) is 10.1. The van der Waals surface area contributed by atoms with Crippen molar-refractivity contribution in [3.05, 3.63) is 12.2 Å². The molecule has 0 saturated heterocycles. The van der Waals surface area contributed by atoms with Crippen LogP contribution in [0, 0.1) is 0 Å². The fourth-order valence-corrected chi connectivity index (χ4v) is 1.49. The first-order valence-electron chi connectivity index (χ1n) is 5.87. The first kappa shape index (κ1) is 12.8. The predicted molar refractivity (Wildman–Crippen MR) is 62.2 cm³/mol. The fourth-order valence-electron chi connectivity index (χ4n) is 1.49. The Kier molecular flexibility index (Phi) is 5.71. The largest absolute Gasteiger partial charge is 0.317 e. The van der Waals surface area contributed by atoms with Crippen molar-refractivity contribution < 1.29 is 4.79 Å². The minimum absolute atomic E-state index is 0.214. The SMILES string of the molecule is CCCn1ncnc1CC(=O)CCNCC. The quantitative estimate of drug-likeness (QED) is 0.663. The van der Waals surface area contributed by atoms with Gasteiger partial charge in [0.25, 0.3) is 0 Å². The molecule has 1 heterocycles. The number of carbonyl (C=O) groups excluding carboxylic acids is 1. The molecule has 1 aromatic rings. The zero-order chi connectivity index (χ0) is 11.8. The van der Waals surface area contributed by atoms with Crippen LogP contribution in [-0.2, 0) is 17.8 Å². The van der Waals surface area contributed by atoms with Gasteiger partial charge in [0.15, 0.2) is 0 Å². The number of hydrogen-bond acceptors (Lipinski definition) is 4. The molecule has 1 N–H and O–H groups in total. The van der Waals surface area contributed by atoms with Gasteiger partial charge in [0.05, 0.1) is 6.42 Å². The molecule has 0 aliphatic carbocycles. The fraction of sp³-hybridized carbons (Fsp3) is 0.727. The van der Waals surface area contributed by atoms with Crippen molar-refractivity contribution in [3.63, 3.8) is 0 Å². The summed E-state index contributed by atoms with van der Waals surface area (Å²) >= 11 is 0. The molecule has 1 aromatic heterocycles. The highest BCUT2D eigenvalue weighted by atomic mass is 16.1. The van der Waals surface area contributed by atoms with Gasteiger partial charge in [-0.3, -0.25) is 4.79 Å². The second kappa shape index (κ2) is 7.11. The highest BCUT2D eigenvalue weighted by Crippen LogP contribution is 1.99. The minimum Gasteiger partial charge on any atom is -0.317 e. The van der Waals surface area contributed by atoms with Crippen LogP contribution in [0.4, 0.5) is 0 Å². The van der Waals surface area contributed by atoms with Gasteiger partial charge in [-0.25, -0.2) is 9.67 Å². The highest BCUT2D eigenvalue weighted by molar-refractivity contribution is 5.80. The lowest BCUT2D eigenvalue weighted by molar-refractivity contribution is -0.118. The second-order valence-electron chi connectivity index (χ2n) is 3.72. The van der Waals surface area contributed by atoms with Crippen molar-refractivity contribution in [2.45, 2.75) is 39.7 Å². The summed E-state index contributed by atoms with van der Waals surface area (Å²) in [6.45, 7) is 6.59. The Hall–Kier alpha value is -1.23. The van der Waals surface area contributed by atoms with Crippen molar-refractivity contribution in [2.75, 3.05) is 13.1 Å². The highest BCUT2D eigenvalue weighted by Gasteiger charge is 2.09.